The van der Waals surface area contributed by atoms with E-state index in [4.69, 9.17) is 0 Å². The lowest BCUT2D eigenvalue weighted by Crippen LogP contribution is -2.52. The maximum Gasteiger partial charge on any atom is 0.154 e. The molecule has 0 bridgehead atoms. The van der Waals surface area contributed by atoms with Crippen molar-refractivity contribution in [3.8, 4) is 0 Å². The lowest BCUT2D eigenvalue weighted by Gasteiger charge is -2.49. The summed E-state index contributed by atoms with van der Waals surface area (Å²) < 4.78 is 15.8. The fourth-order valence-electron chi connectivity index (χ4n) is 4.08. The Morgan fingerprint density at radius 1 is 0.885 bits per heavy atom. The number of thioether (sulfide) groups is 1. The molecule has 0 radical (unpaired) electrons. The molecule has 1 fully saturated rings. The van der Waals surface area contributed by atoms with Gasteiger partial charge in [0.05, 0.1) is 10.6 Å². The molecule has 0 aromatic heterocycles. The topological polar surface area (TPSA) is 20.3 Å². The Hall–Kier alpha value is -2.04. The predicted molar refractivity (Wildman–Crippen MR) is 109 cm³/mol. The number of hydrogen-bond acceptors (Lipinski definition) is 2. The molecule has 3 aromatic carbocycles. The molecular weight excluding hydrogens is 358 g/mol. The van der Waals surface area contributed by atoms with E-state index < -0.39 is 11.0 Å². The van der Waals surface area contributed by atoms with Crippen LogP contribution in [0.25, 0.3) is 0 Å². The van der Waals surface area contributed by atoms with E-state index in [1.807, 2.05) is 48.2 Å². The van der Waals surface area contributed by atoms with Gasteiger partial charge < -0.3 is 0 Å². The molecule has 0 N–H and O–H groups in total. The number of anilines is 1. The SMILES string of the molecule is O=S(c1ccccc1)N1c2ccccc2[C@@H]2CC[C@@]21Sc1ccccc1. The van der Waals surface area contributed by atoms with E-state index in [0.717, 1.165) is 23.4 Å². The van der Waals surface area contributed by atoms with Gasteiger partial charge in [-0.3, -0.25) is 4.31 Å². The maximum absolute atomic E-state index is 13.6. The van der Waals surface area contributed by atoms with E-state index in [9.17, 15) is 4.21 Å². The van der Waals surface area contributed by atoms with Crippen molar-refractivity contribution in [3.63, 3.8) is 0 Å². The van der Waals surface area contributed by atoms with Crippen molar-refractivity contribution in [2.24, 2.45) is 0 Å². The molecule has 4 heteroatoms. The van der Waals surface area contributed by atoms with Crippen molar-refractivity contribution in [3.05, 3.63) is 90.5 Å². The van der Waals surface area contributed by atoms with E-state index in [1.54, 1.807) is 0 Å². The third kappa shape index (κ3) is 2.36. The zero-order chi connectivity index (χ0) is 17.6. The zero-order valence-electron chi connectivity index (χ0n) is 14.2. The first-order valence-electron chi connectivity index (χ1n) is 8.90. The molecule has 1 heterocycles. The number of nitrogens with zero attached hydrogens (tertiary/aromatic N) is 1. The number of rotatable bonds is 4. The average molecular weight is 378 g/mol. The third-order valence-electron chi connectivity index (χ3n) is 5.36. The van der Waals surface area contributed by atoms with Crippen LogP contribution in [0.3, 0.4) is 0 Å². The fraction of sp³-hybridized carbons (Fsp3) is 0.182. The van der Waals surface area contributed by atoms with Gasteiger partial charge in [0.15, 0.2) is 11.0 Å². The molecular formula is C22H19NOS2. The minimum Gasteiger partial charge on any atom is -0.271 e. The van der Waals surface area contributed by atoms with Crippen molar-refractivity contribution in [2.45, 2.75) is 33.4 Å². The van der Waals surface area contributed by atoms with Gasteiger partial charge in [-0.25, -0.2) is 4.21 Å². The summed E-state index contributed by atoms with van der Waals surface area (Å²) in [6.45, 7) is 0. The summed E-state index contributed by atoms with van der Waals surface area (Å²) in [5.41, 5.74) is 2.46. The monoisotopic (exact) mass is 377 g/mol. The first kappa shape index (κ1) is 16.2. The van der Waals surface area contributed by atoms with Gasteiger partial charge in [0.1, 0.15) is 4.87 Å². The Labute approximate surface area is 160 Å². The van der Waals surface area contributed by atoms with E-state index in [-0.39, 0.29) is 4.87 Å². The molecule has 3 aromatic rings. The number of fused-ring (bicyclic) bond motifs is 3. The van der Waals surface area contributed by atoms with Crippen LogP contribution in [0.15, 0.2) is 94.7 Å². The molecule has 1 aliphatic heterocycles. The Kier molecular flexibility index (Phi) is 3.91. The molecule has 0 amide bonds. The summed E-state index contributed by atoms with van der Waals surface area (Å²) in [4.78, 5) is 1.94. The van der Waals surface area contributed by atoms with Gasteiger partial charge in [0, 0.05) is 10.8 Å². The van der Waals surface area contributed by atoms with Crippen molar-refractivity contribution in [1.29, 1.82) is 0 Å². The highest BCUT2D eigenvalue weighted by Gasteiger charge is 2.60. The first-order chi connectivity index (χ1) is 12.8. The van der Waals surface area contributed by atoms with Gasteiger partial charge in [-0.05, 0) is 48.7 Å². The molecule has 26 heavy (non-hydrogen) atoms. The van der Waals surface area contributed by atoms with E-state index in [0.29, 0.717) is 5.92 Å². The van der Waals surface area contributed by atoms with E-state index in [1.165, 1.54) is 10.5 Å². The summed E-state index contributed by atoms with van der Waals surface area (Å²) in [6.07, 6.45) is 2.20. The van der Waals surface area contributed by atoms with Crippen molar-refractivity contribution in [2.75, 3.05) is 4.31 Å². The largest absolute Gasteiger partial charge is 0.271 e. The van der Waals surface area contributed by atoms with Gasteiger partial charge in [-0.2, -0.15) is 0 Å². The lowest BCUT2D eigenvalue weighted by molar-refractivity contribution is 0.335. The van der Waals surface area contributed by atoms with Crippen molar-refractivity contribution < 1.29 is 4.21 Å². The van der Waals surface area contributed by atoms with Gasteiger partial charge in [0.25, 0.3) is 0 Å². The van der Waals surface area contributed by atoms with Crippen LogP contribution in [-0.2, 0) is 11.0 Å². The molecule has 1 aliphatic carbocycles. The summed E-state index contributed by atoms with van der Waals surface area (Å²) in [7, 11) is -1.22. The molecule has 3 atom stereocenters. The molecule has 2 nitrogen and oxygen atoms in total. The van der Waals surface area contributed by atoms with Crippen LogP contribution in [0.5, 0.6) is 0 Å². The summed E-state index contributed by atoms with van der Waals surface area (Å²) >= 11 is 1.87. The average Bonchev–Trinajstić information content (AvgIpc) is 2.87. The van der Waals surface area contributed by atoms with Crippen LogP contribution in [0.2, 0.25) is 0 Å². The Morgan fingerprint density at radius 3 is 2.23 bits per heavy atom. The summed E-state index contributed by atoms with van der Waals surface area (Å²) in [5, 5.41) is 0. The Morgan fingerprint density at radius 2 is 1.54 bits per heavy atom. The summed E-state index contributed by atoms with van der Waals surface area (Å²) in [6, 6.07) is 28.8. The second-order valence-electron chi connectivity index (χ2n) is 6.77. The standard InChI is InChI=1S/C22H19NOS2/c24-26(18-11-5-2-6-12-18)23-21-14-8-7-13-19(21)20-15-16-22(20,23)25-17-9-3-1-4-10-17/h1-14,20H,15-16H2/t20-,22+,26?/m0/s1. The van der Waals surface area contributed by atoms with Crippen molar-refractivity contribution in [1.82, 2.24) is 0 Å². The van der Waals surface area contributed by atoms with Gasteiger partial charge in [-0.15, -0.1) is 0 Å². The minimum absolute atomic E-state index is 0.161. The van der Waals surface area contributed by atoms with Gasteiger partial charge in [0.2, 0.25) is 0 Å². The molecule has 5 rings (SSSR count). The zero-order valence-corrected chi connectivity index (χ0v) is 15.9. The Balaban J connectivity index is 1.62. The second-order valence-corrected chi connectivity index (χ2v) is 9.48. The molecule has 2 aliphatic rings. The van der Waals surface area contributed by atoms with E-state index >= 15 is 0 Å². The van der Waals surface area contributed by atoms with Crippen molar-refractivity contribution >= 4 is 28.4 Å². The van der Waals surface area contributed by atoms with Crippen LogP contribution in [0.1, 0.15) is 24.3 Å². The second kappa shape index (κ2) is 6.29. The quantitative estimate of drug-likeness (QED) is 0.590. The third-order valence-corrected chi connectivity index (χ3v) is 8.54. The molecule has 130 valence electrons. The predicted octanol–water partition coefficient (Wildman–Crippen LogP) is 5.60. The highest BCUT2D eigenvalue weighted by atomic mass is 32.2. The number of hydrogen-bond donors (Lipinski definition) is 0. The number of benzene rings is 3. The normalized spacial score (nSPS) is 24.5. The molecule has 0 spiro atoms. The molecule has 1 unspecified atom stereocenters. The highest BCUT2D eigenvalue weighted by molar-refractivity contribution is 8.02. The van der Waals surface area contributed by atoms with Gasteiger partial charge >= 0.3 is 0 Å². The Bertz CT molecular complexity index is 960. The highest BCUT2D eigenvalue weighted by Crippen LogP contribution is 2.66. The number of para-hydroxylation sites is 1. The fourth-order valence-corrected chi connectivity index (χ4v) is 7.33. The summed E-state index contributed by atoms with van der Waals surface area (Å²) in [5.74, 6) is 0.427. The van der Waals surface area contributed by atoms with Crippen LogP contribution in [0.4, 0.5) is 5.69 Å². The van der Waals surface area contributed by atoms with E-state index in [2.05, 4.69) is 52.8 Å². The first-order valence-corrected chi connectivity index (χ1v) is 10.8. The lowest BCUT2D eigenvalue weighted by atomic mass is 9.77. The van der Waals surface area contributed by atoms with Crippen LogP contribution < -0.4 is 4.31 Å². The molecule has 0 saturated heterocycles. The molecule has 1 saturated carbocycles. The van der Waals surface area contributed by atoms with Crippen LogP contribution in [-0.4, -0.2) is 9.08 Å². The van der Waals surface area contributed by atoms with Crippen LogP contribution in [0, 0.1) is 0 Å². The maximum atomic E-state index is 13.6. The smallest absolute Gasteiger partial charge is 0.154 e. The minimum atomic E-state index is -1.22. The van der Waals surface area contributed by atoms with Crippen LogP contribution >= 0.6 is 11.8 Å². The van der Waals surface area contributed by atoms with Gasteiger partial charge in [-0.1, -0.05) is 66.4 Å².